The minimum Gasteiger partial charge on any atom is -0.451 e. The van der Waals surface area contributed by atoms with Crippen LogP contribution in [0.1, 0.15) is 0 Å². The molecule has 44 heavy (non-hydrogen) atoms. The van der Waals surface area contributed by atoms with Gasteiger partial charge in [0.2, 0.25) is 0 Å². The maximum Gasteiger partial charge on any atom is 0.181 e. The highest BCUT2D eigenvalue weighted by Crippen LogP contribution is 2.46. The van der Waals surface area contributed by atoms with E-state index >= 15 is 0 Å². The van der Waals surface area contributed by atoms with E-state index in [2.05, 4.69) is 132 Å². The molecule has 0 radical (unpaired) electrons. The summed E-state index contributed by atoms with van der Waals surface area (Å²) in [5.41, 5.74) is 3.78. The molecule has 0 bridgehead atoms. The third kappa shape index (κ3) is 3.45. The van der Waals surface area contributed by atoms with E-state index in [1.807, 2.05) is 28.9 Å². The number of hydrogen-bond acceptors (Lipinski definition) is 5. The number of aromatic nitrogens is 1. The van der Waals surface area contributed by atoms with Crippen LogP contribution in [0.4, 0.5) is 17.2 Å². The molecule has 0 aliphatic rings. The fourth-order valence-corrected chi connectivity index (χ4v) is 8.96. The second-order valence-electron chi connectivity index (χ2n) is 11.2. The van der Waals surface area contributed by atoms with Gasteiger partial charge >= 0.3 is 0 Å². The van der Waals surface area contributed by atoms with Crippen molar-refractivity contribution in [1.29, 1.82) is 0 Å². The highest BCUT2D eigenvalue weighted by Gasteiger charge is 2.23. The van der Waals surface area contributed by atoms with Crippen LogP contribution in [0.15, 0.2) is 138 Å². The molecule has 0 atom stereocenters. The Hall–Kier alpha value is -5.23. The molecule has 4 heterocycles. The van der Waals surface area contributed by atoms with Crippen LogP contribution < -0.4 is 4.90 Å². The van der Waals surface area contributed by atoms with Crippen molar-refractivity contribution in [2.45, 2.75) is 0 Å². The van der Waals surface area contributed by atoms with E-state index in [1.165, 1.54) is 40.3 Å². The number of hydrogen-bond donors (Lipinski definition) is 0. The molecule has 0 fully saturated rings. The molecule has 5 heteroatoms. The van der Waals surface area contributed by atoms with E-state index in [9.17, 15) is 0 Å². The predicted molar refractivity (Wildman–Crippen MR) is 189 cm³/mol. The summed E-state index contributed by atoms with van der Waals surface area (Å²) in [6, 6.07) is 45.6. The van der Waals surface area contributed by atoms with Crippen LogP contribution in [0, 0.1) is 0 Å². The summed E-state index contributed by atoms with van der Waals surface area (Å²) in [4.78, 5) is 7.28. The fraction of sp³-hybridized carbons (Fsp3) is 0. The van der Waals surface area contributed by atoms with Crippen molar-refractivity contribution in [1.82, 2.24) is 4.98 Å². The third-order valence-electron chi connectivity index (χ3n) is 8.71. The van der Waals surface area contributed by atoms with Crippen molar-refractivity contribution >= 4 is 113 Å². The van der Waals surface area contributed by atoms with Gasteiger partial charge in [-0.2, -0.15) is 0 Å². The highest BCUT2D eigenvalue weighted by molar-refractivity contribution is 7.26. The molecule has 6 aromatic carbocycles. The lowest BCUT2D eigenvalue weighted by Crippen LogP contribution is -2.11. The summed E-state index contributed by atoms with van der Waals surface area (Å²) in [6.07, 6.45) is 1.91. The first-order valence-corrected chi connectivity index (χ1v) is 16.3. The number of benzene rings is 6. The van der Waals surface area contributed by atoms with Gasteiger partial charge in [0.05, 0.1) is 0 Å². The van der Waals surface area contributed by atoms with Crippen molar-refractivity contribution < 1.29 is 4.42 Å². The number of fused-ring (bicyclic) bond motifs is 11. The van der Waals surface area contributed by atoms with Gasteiger partial charge in [0.25, 0.3) is 0 Å². The average molecular weight is 599 g/mol. The van der Waals surface area contributed by atoms with Gasteiger partial charge in [-0.25, -0.2) is 4.98 Å². The Morgan fingerprint density at radius 3 is 1.68 bits per heavy atom. The molecule has 0 aliphatic heterocycles. The minimum atomic E-state index is 0.781. The van der Waals surface area contributed by atoms with E-state index < -0.39 is 0 Å². The molecule has 0 saturated carbocycles. The summed E-state index contributed by atoms with van der Waals surface area (Å²) in [5.74, 6) is 0.781. The van der Waals surface area contributed by atoms with Crippen molar-refractivity contribution in [3.63, 3.8) is 0 Å². The number of pyridine rings is 1. The number of rotatable bonds is 3. The van der Waals surface area contributed by atoms with Gasteiger partial charge in [-0.3, -0.25) is 4.90 Å². The molecule has 0 aliphatic carbocycles. The Labute approximate surface area is 259 Å². The van der Waals surface area contributed by atoms with E-state index in [1.54, 1.807) is 0 Å². The van der Waals surface area contributed by atoms with Crippen LogP contribution in [0.3, 0.4) is 0 Å². The van der Waals surface area contributed by atoms with E-state index in [-0.39, 0.29) is 0 Å². The minimum absolute atomic E-state index is 0.781. The first-order valence-electron chi connectivity index (χ1n) is 14.6. The summed E-state index contributed by atoms with van der Waals surface area (Å²) in [7, 11) is 0. The van der Waals surface area contributed by atoms with Crippen molar-refractivity contribution in [3.8, 4) is 0 Å². The Bertz CT molecular complexity index is 2640. The Morgan fingerprint density at radius 2 is 1.00 bits per heavy atom. The molecular formula is C39H22N2OS2. The lowest BCUT2D eigenvalue weighted by molar-refractivity contribution is 0.671. The molecule has 0 saturated heterocycles. The topological polar surface area (TPSA) is 29.3 Å². The molecule has 10 aromatic rings. The van der Waals surface area contributed by atoms with Crippen molar-refractivity contribution in [2.75, 3.05) is 4.90 Å². The molecule has 0 unspecified atom stereocenters. The molecule has 4 aromatic heterocycles. The first kappa shape index (κ1) is 24.2. The quantitative estimate of drug-likeness (QED) is 0.203. The largest absolute Gasteiger partial charge is 0.451 e. The average Bonchev–Trinajstić information content (AvgIpc) is 3.76. The molecule has 3 nitrogen and oxygen atoms in total. The molecule has 0 spiro atoms. The fourth-order valence-electron chi connectivity index (χ4n) is 6.68. The van der Waals surface area contributed by atoms with Crippen LogP contribution in [0.5, 0.6) is 0 Å². The lowest BCUT2D eigenvalue weighted by atomic mass is 10.1. The monoisotopic (exact) mass is 598 g/mol. The Morgan fingerprint density at radius 1 is 0.455 bits per heavy atom. The van der Waals surface area contributed by atoms with E-state index in [0.717, 1.165) is 49.9 Å². The summed E-state index contributed by atoms with van der Waals surface area (Å²) in [6.45, 7) is 0. The van der Waals surface area contributed by atoms with Crippen LogP contribution in [-0.2, 0) is 0 Å². The van der Waals surface area contributed by atoms with Gasteiger partial charge in [-0.15, -0.1) is 22.7 Å². The zero-order valence-electron chi connectivity index (χ0n) is 23.3. The molecular weight excluding hydrogens is 577 g/mol. The highest BCUT2D eigenvalue weighted by atomic mass is 32.1. The molecule has 10 rings (SSSR count). The summed E-state index contributed by atoms with van der Waals surface area (Å²) < 4.78 is 11.9. The maximum absolute atomic E-state index is 6.79. The molecule has 206 valence electrons. The van der Waals surface area contributed by atoms with Crippen LogP contribution in [0.25, 0.3) is 73.1 Å². The second kappa shape index (κ2) is 9.13. The van der Waals surface area contributed by atoms with Gasteiger partial charge in [-0.05, 0) is 53.9 Å². The number of nitrogens with zero attached hydrogens (tertiary/aromatic N) is 2. The van der Waals surface area contributed by atoms with Gasteiger partial charge in [0.15, 0.2) is 11.4 Å². The zero-order chi connectivity index (χ0) is 28.8. The first-order chi connectivity index (χ1) is 21.8. The van der Waals surface area contributed by atoms with Crippen LogP contribution in [0.2, 0.25) is 0 Å². The van der Waals surface area contributed by atoms with Crippen molar-refractivity contribution in [3.05, 3.63) is 134 Å². The zero-order valence-corrected chi connectivity index (χ0v) is 25.0. The number of thiophene rings is 2. The second-order valence-corrected chi connectivity index (χ2v) is 13.3. The van der Waals surface area contributed by atoms with Gasteiger partial charge in [0.1, 0.15) is 5.58 Å². The van der Waals surface area contributed by atoms with Crippen LogP contribution in [-0.4, -0.2) is 4.98 Å². The number of furan rings is 1. The molecule has 0 amide bonds. The summed E-state index contributed by atoms with van der Waals surface area (Å²) >= 11 is 3.66. The predicted octanol–water partition coefficient (Wildman–Crippen LogP) is 12.3. The Balaban J connectivity index is 1.27. The Kier molecular flexibility index (Phi) is 5.03. The molecule has 0 N–H and O–H groups in total. The smallest absolute Gasteiger partial charge is 0.181 e. The van der Waals surface area contributed by atoms with Gasteiger partial charge in [-0.1, -0.05) is 78.9 Å². The normalized spacial score (nSPS) is 12.1. The van der Waals surface area contributed by atoms with E-state index in [4.69, 9.17) is 9.40 Å². The van der Waals surface area contributed by atoms with Gasteiger partial charge < -0.3 is 4.42 Å². The number of anilines is 3. The summed E-state index contributed by atoms with van der Waals surface area (Å²) in [5, 5.41) is 9.57. The SMILES string of the molecule is c1ccc2c(c1)ccc1c3ccnc(N(c4ccc5c(c4)sc4ccccc45)c4ccc5c(c4)sc4ccccc45)c3oc21. The van der Waals surface area contributed by atoms with Gasteiger partial charge in [0, 0.05) is 74.1 Å². The van der Waals surface area contributed by atoms with Crippen molar-refractivity contribution in [2.24, 2.45) is 0 Å². The maximum atomic E-state index is 6.79. The standard InChI is InChI=1S/C39H22N2OS2/c1-2-8-26-23(7-1)13-16-31-32-19-20-40-39(38(32)42-37(26)31)41(24-14-17-29-27-9-3-5-11-33(27)43-35(29)21-24)25-15-18-30-28-10-4-6-12-34(28)44-36(30)22-25/h1-22H. The third-order valence-corrected chi connectivity index (χ3v) is 11.0. The van der Waals surface area contributed by atoms with Crippen LogP contribution >= 0.6 is 22.7 Å². The lowest BCUT2D eigenvalue weighted by Gasteiger charge is -2.24. The van der Waals surface area contributed by atoms with E-state index in [0.29, 0.717) is 0 Å².